The van der Waals surface area contributed by atoms with Crippen molar-refractivity contribution in [3.8, 4) is 0 Å². The van der Waals surface area contributed by atoms with Crippen molar-refractivity contribution in [3.63, 3.8) is 0 Å². The minimum atomic E-state index is -1.23. The number of ether oxygens (including phenoxy) is 1. The van der Waals surface area contributed by atoms with Crippen molar-refractivity contribution in [2.24, 2.45) is 28.9 Å². The smallest absolute Gasteiger partial charge is 0.309 e. The highest BCUT2D eigenvalue weighted by molar-refractivity contribution is 7.09. The number of aliphatic hydroxyl groups is 2. The van der Waals surface area contributed by atoms with E-state index in [1.807, 2.05) is 38.3 Å². The first-order valence-electron chi connectivity index (χ1n) is 12.5. The second-order valence-electron chi connectivity index (χ2n) is 10.4. The fourth-order valence-corrected chi connectivity index (χ4v) is 5.19. The van der Waals surface area contributed by atoms with Crippen molar-refractivity contribution in [2.45, 2.75) is 92.1 Å². The largest absolute Gasteiger partial charge is 0.457 e. The summed E-state index contributed by atoms with van der Waals surface area (Å²) in [6.45, 7) is 11.1. The van der Waals surface area contributed by atoms with E-state index in [1.165, 1.54) is 11.3 Å². The lowest BCUT2D eigenvalue weighted by Crippen LogP contribution is -2.45. The molecule has 0 saturated heterocycles. The average molecular weight is 507 g/mol. The number of aliphatic hydroxyl groups excluding tert-OH is 2. The molecule has 7 nitrogen and oxygen atoms in total. The van der Waals surface area contributed by atoms with Gasteiger partial charge in [0, 0.05) is 23.8 Å². The number of thiazole rings is 1. The Kier molecular flexibility index (Phi) is 10.8. The van der Waals surface area contributed by atoms with Gasteiger partial charge in [-0.15, -0.1) is 11.3 Å². The van der Waals surface area contributed by atoms with E-state index in [9.17, 15) is 19.8 Å². The maximum Gasteiger partial charge on any atom is 0.309 e. The molecule has 1 aliphatic rings. The molecule has 0 saturated carbocycles. The van der Waals surface area contributed by atoms with E-state index in [0.29, 0.717) is 6.54 Å². The van der Waals surface area contributed by atoms with E-state index in [2.05, 4.69) is 11.1 Å². The van der Waals surface area contributed by atoms with Crippen LogP contribution in [0, 0.1) is 23.2 Å². The van der Waals surface area contributed by atoms with Crippen LogP contribution in [0.4, 0.5) is 0 Å². The summed E-state index contributed by atoms with van der Waals surface area (Å²) in [5.74, 6) is -1.65. The monoisotopic (exact) mass is 506 g/mol. The summed E-state index contributed by atoms with van der Waals surface area (Å²) in [6, 6.07) is 0. The van der Waals surface area contributed by atoms with Gasteiger partial charge in [0.25, 0.3) is 0 Å². The zero-order valence-electron chi connectivity index (χ0n) is 21.9. The maximum absolute atomic E-state index is 13.2. The van der Waals surface area contributed by atoms with E-state index < -0.39 is 35.6 Å². The zero-order chi connectivity index (χ0) is 26.3. The second-order valence-corrected chi connectivity index (χ2v) is 11.4. The number of cyclic esters (lactones) is 1. The number of Topliss-reactive ketones (excluding diaryl/α,β-unsaturated/α-hetero) is 1. The number of rotatable bonds is 3. The first kappa shape index (κ1) is 29.4. The average Bonchev–Trinajstić information content (AvgIpc) is 3.27. The van der Waals surface area contributed by atoms with Crippen LogP contribution in [0.3, 0.4) is 0 Å². The third-order valence-electron chi connectivity index (χ3n) is 7.11. The van der Waals surface area contributed by atoms with Crippen molar-refractivity contribution in [3.05, 3.63) is 33.8 Å². The highest BCUT2D eigenvalue weighted by Gasteiger charge is 2.42. The second kappa shape index (κ2) is 12.9. The Balaban J connectivity index is 2.34. The molecule has 1 aromatic rings. The van der Waals surface area contributed by atoms with E-state index >= 15 is 0 Å². The van der Waals surface area contributed by atoms with E-state index in [0.717, 1.165) is 35.5 Å². The lowest BCUT2D eigenvalue weighted by atomic mass is 9.73. The molecule has 0 bridgehead atoms. The molecule has 196 valence electrons. The summed E-state index contributed by atoms with van der Waals surface area (Å²) in [4.78, 5) is 30.6. The van der Waals surface area contributed by atoms with Crippen molar-refractivity contribution in [1.29, 1.82) is 0 Å². The minimum Gasteiger partial charge on any atom is -0.457 e. The Labute approximate surface area is 213 Å². The fourth-order valence-electron chi connectivity index (χ4n) is 4.56. The van der Waals surface area contributed by atoms with Gasteiger partial charge in [0.2, 0.25) is 0 Å². The van der Waals surface area contributed by atoms with Crippen LogP contribution in [-0.4, -0.2) is 45.3 Å². The molecule has 0 spiro atoms. The predicted octanol–water partition coefficient (Wildman–Crippen LogP) is 4.27. The molecule has 0 radical (unpaired) electrons. The Morgan fingerprint density at radius 3 is 2.60 bits per heavy atom. The van der Waals surface area contributed by atoms with Gasteiger partial charge in [0.05, 0.1) is 29.7 Å². The summed E-state index contributed by atoms with van der Waals surface area (Å²) in [5.41, 5.74) is 6.07. The number of aromatic nitrogens is 1. The molecular weight excluding hydrogens is 464 g/mol. The molecule has 6 atom stereocenters. The van der Waals surface area contributed by atoms with Gasteiger partial charge in [-0.05, 0) is 43.8 Å². The molecule has 8 heteroatoms. The standard InChI is InChI=1S/C27H42N2O5S/c1-16-10-8-7-9-11-17(2)25(18(3)12-20-15-35-22(14-28)29-20)34-23(31)13-21(30)27(5,6)26(33)19(4)24(16)32/h9,11-12,15-17,19,21,24-25,30,32H,7-8,10,13-14,28H2,1-6H3/b11-9-,18-12+/t16-,17-,19+,21-,24-,25-/m0/s1. The molecule has 2 rings (SSSR count). The van der Waals surface area contributed by atoms with Crippen molar-refractivity contribution >= 4 is 29.2 Å². The molecule has 0 fully saturated rings. The van der Waals surface area contributed by atoms with Crippen LogP contribution < -0.4 is 5.73 Å². The molecular formula is C27H42N2O5S. The first-order valence-corrected chi connectivity index (χ1v) is 13.4. The summed E-state index contributed by atoms with van der Waals surface area (Å²) in [5, 5.41) is 24.3. The van der Waals surface area contributed by atoms with Crippen LogP contribution >= 0.6 is 11.3 Å². The number of esters is 1. The van der Waals surface area contributed by atoms with Crippen LogP contribution in [0.1, 0.15) is 77.9 Å². The fraction of sp³-hybridized carbons (Fsp3) is 0.667. The number of nitrogens with zero attached hydrogens (tertiary/aromatic N) is 1. The molecule has 0 unspecified atom stereocenters. The molecule has 35 heavy (non-hydrogen) atoms. The SMILES string of the molecule is C/C(=C\c1csc(CN)n1)[C@H]1OC(=O)C[C@H](O)C(C)(C)C(=O)[C@H](C)[C@@H](O)[C@@H](C)CCC/C=C\[C@@H]1C. The third-order valence-corrected chi connectivity index (χ3v) is 8.00. The van der Waals surface area contributed by atoms with Gasteiger partial charge in [0.15, 0.2) is 0 Å². The number of allylic oxidation sites excluding steroid dienone is 1. The van der Waals surface area contributed by atoms with Crippen molar-refractivity contribution in [1.82, 2.24) is 4.98 Å². The molecule has 2 heterocycles. The number of hydrogen-bond acceptors (Lipinski definition) is 8. The van der Waals surface area contributed by atoms with Crippen LogP contribution in [0.2, 0.25) is 0 Å². The zero-order valence-corrected chi connectivity index (χ0v) is 22.7. The Morgan fingerprint density at radius 1 is 1.29 bits per heavy atom. The lowest BCUT2D eigenvalue weighted by Gasteiger charge is -2.34. The Morgan fingerprint density at radius 2 is 1.97 bits per heavy atom. The van der Waals surface area contributed by atoms with Crippen LogP contribution in [-0.2, 0) is 20.9 Å². The van der Waals surface area contributed by atoms with Gasteiger partial charge >= 0.3 is 5.97 Å². The van der Waals surface area contributed by atoms with Gasteiger partial charge in [-0.3, -0.25) is 9.59 Å². The van der Waals surface area contributed by atoms with E-state index in [-0.39, 0.29) is 24.0 Å². The number of carbonyl (C=O) groups excluding carboxylic acids is 2. The topological polar surface area (TPSA) is 123 Å². The summed E-state index contributed by atoms with van der Waals surface area (Å²) in [7, 11) is 0. The van der Waals surface area contributed by atoms with Gasteiger partial charge in [0.1, 0.15) is 16.9 Å². The molecule has 1 aliphatic heterocycles. The third kappa shape index (κ3) is 7.81. The van der Waals surface area contributed by atoms with Crippen LogP contribution in [0.5, 0.6) is 0 Å². The number of hydrogen-bond donors (Lipinski definition) is 3. The minimum absolute atomic E-state index is 0.0555. The van der Waals surface area contributed by atoms with E-state index in [4.69, 9.17) is 10.5 Å². The normalized spacial score (nSPS) is 32.8. The van der Waals surface area contributed by atoms with Crippen LogP contribution in [0.25, 0.3) is 6.08 Å². The highest BCUT2D eigenvalue weighted by Crippen LogP contribution is 2.32. The summed E-state index contributed by atoms with van der Waals surface area (Å²) < 4.78 is 5.87. The molecule has 0 aliphatic carbocycles. The number of ketones is 1. The van der Waals surface area contributed by atoms with Gasteiger partial charge in [-0.25, -0.2) is 4.98 Å². The van der Waals surface area contributed by atoms with E-state index in [1.54, 1.807) is 20.8 Å². The van der Waals surface area contributed by atoms with Crippen molar-refractivity contribution in [2.75, 3.05) is 0 Å². The first-order chi connectivity index (χ1) is 16.4. The lowest BCUT2D eigenvalue weighted by molar-refractivity contribution is -0.155. The molecule has 4 N–H and O–H groups in total. The van der Waals surface area contributed by atoms with Crippen LogP contribution in [0.15, 0.2) is 23.1 Å². The van der Waals surface area contributed by atoms with Gasteiger partial charge in [-0.1, -0.05) is 46.8 Å². The predicted molar refractivity (Wildman–Crippen MR) is 139 cm³/mol. The Bertz CT molecular complexity index is 922. The number of nitrogens with two attached hydrogens (primary N) is 1. The summed E-state index contributed by atoms with van der Waals surface area (Å²) in [6.07, 6.45) is 5.59. The molecule has 1 aromatic heterocycles. The van der Waals surface area contributed by atoms with Crippen molar-refractivity contribution < 1.29 is 24.5 Å². The van der Waals surface area contributed by atoms with Gasteiger partial charge in [-0.2, -0.15) is 0 Å². The van der Waals surface area contributed by atoms with Gasteiger partial charge < -0.3 is 20.7 Å². The molecule has 0 amide bonds. The maximum atomic E-state index is 13.2. The molecule has 0 aromatic carbocycles. The highest BCUT2D eigenvalue weighted by atomic mass is 32.1. The number of carbonyl (C=O) groups is 2. The Hall–Kier alpha value is -1.87. The summed E-state index contributed by atoms with van der Waals surface area (Å²) >= 11 is 1.48. The quantitative estimate of drug-likeness (QED) is 0.413.